The molecule has 18 heavy (non-hydrogen) atoms. The monoisotopic (exact) mass is 307 g/mol. The molecule has 2 aromatic carbocycles. The average Bonchev–Trinajstić information content (AvgIpc) is 2.34. The molecule has 2 rings (SSSR count). The third kappa shape index (κ3) is 3.65. The lowest BCUT2D eigenvalue weighted by Gasteiger charge is -2.07. The minimum absolute atomic E-state index is 0.171. The van der Waals surface area contributed by atoms with Crippen LogP contribution in [0.15, 0.2) is 46.9 Å². The molecule has 0 unspecified atom stereocenters. The lowest BCUT2D eigenvalue weighted by molar-refractivity contribution is 0.587. The van der Waals surface area contributed by atoms with Crippen molar-refractivity contribution in [3.05, 3.63) is 69.4 Å². The maximum atomic E-state index is 13.5. The van der Waals surface area contributed by atoms with Gasteiger partial charge in [0.2, 0.25) is 0 Å². The van der Waals surface area contributed by atoms with E-state index in [2.05, 4.69) is 46.4 Å². The highest BCUT2D eigenvalue weighted by Crippen LogP contribution is 2.15. The fourth-order valence-corrected chi connectivity index (χ4v) is 2.25. The summed E-state index contributed by atoms with van der Waals surface area (Å²) in [5.74, 6) is -0.171. The first-order valence-corrected chi connectivity index (χ1v) is 6.64. The average molecular weight is 308 g/mol. The van der Waals surface area contributed by atoms with E-state index in [-0.39, 0.29) is 5.82 Å². The van der Waals surface area contributed by atoms with Gasteiger partial charge in [-0.1, -0.05) is 45.8 Å². The van der Waals surface area contributed by atoms with Crippen molar-refractivity contribution in [3.8, 4) is 0 Å². The molecule has 0 aromatic heterocycles. The molecule has 0 saturated heterocycles. The smallest absolute Gasteiger partial charge is 0.127 e. The minimum atomic E-state index is -0.171. The Hall–Kier alpha value is -1.19. The quantitative estimate of drug-likeness (QED) is 0.893. The van der Waals surface area contributed by atoms with Crippen molar-refractivity contribution in [2.75, 3.05) is 0 Å². The Labute approximate surface area is 115 Å². The number of nitrogens with one attached hydrogen (secondary N) is 1. The molecule has 0 atom stereocenters. The van der Waals surface area contributed by atoms with Gasteiger partial charge in [0.25, 0.3) is 0 Å². The van der Waals surface area contributed by atoms with E-state index in [0.29, 0.717) is 12.1 Å². The summed E-state index contributed by atoms with van der Waals surface area (Å²) in [5.41, 5.74) is 3.13. The van der Waals surface area contributed by atoms with Gasteiger partial charge in [-0.15, -0.1) is 0 Å². The molecule has 1 nitrogen and oxygen atoms in total. The van der Waals surface area contributed by atoms with Crippen LogP contribution in [0.25, 0.3) is 0 Å². The Morgan fingerprint density at radius 2 is 1.94 bits per heavy atom. The van der Waals surface area contributed by atoms with Gasteiger partial charge in [-0.2, -0.15) is 0 Å². The van der Waals surface area contributed by atoms with Crippen LogP contribution in [0.5, 0.6) is 0 Å². The van der Waals surface area contributed by atoms with Gasteiger partial charge >= 0.3 is 0 Å². The van der Waals surface area contributed by atoms with Gasteiger partial charge in [-0.25, -0.2) is 4.39 Å². The summed E-state index contributed by atoms with van der Waals surface area (Å²) in [4.78, 5) is 0. The molecule has 0 radical (unpaired) electrons. The number of benzene rings is 2. The van der Waals surface area contributed by atoms with Gasteiger partial charge in [-0.05, 0) is 30.7 Å². The van der Waals surface area contributed by atoms with Crippen LogP contribution in [0.4, 0.5) is 4.39 Å². The van der Waals surface area contributed by atoms with Crippen molar-refractivity contribution in [2.24, 2.45) is 0 Å². The zero-order valence-electron chi connectivity index (χ0n) is 10.2. The fourth-order valence-electron chi connectivity index (χ4n) is 1.84. The zero-order valence-corrected chi connectivity index (χ0v) is 11.8. The normalized spacial score (nSPS) is 10.6. The summed E-state index contributed by atoms with van der Waals surface area (Å²) in [6, 6.07) is 13.3. The van der Waals surface area contributed by atoms with Crippen molar-refractivity contribution >= 4 is 15.9 Å². The molecule has 0 aliphatic carbocycles. The van der Waals surface area contributed by atoms with Crippen LogP contribution in [0, 0.1) is 12.7 Å². The van der Waals surface area contributed by atoms with Gasteiger partial charge in [0.1, 0.15) is 5.82 Å². The number of aryl methyl sites for hydroxylation is 1. The van der Waals surface area contributed by atoms with E-state index >= 15 is 0 Å². The van der Waals surface area contributed by atoms with E-state index in [4.69, 9.17) is 0 Å². The minimum Gasteiger partial charge on any atom is -0.309 e. The molecule has 0 bridgehead atoms. The molecule has 0 saturated carbocycles. The molecule has 0 fully saturated rings. The highest BCUT2D eigenvalue weighted by Gasteiger charge is 2.02. The van der Waals surface area contributed by atoms with E-state index in [9.17, 15) is 4.39 Å². The maximum absolute atomic E-state index is 13.5. The number of hydrogen-bond donors (Lipinski definition) is 1. The second kappa shape index (κ2) is 6.12. The maximum Gasteiger partial charge on any atom is 0.127 e. The zero-order chi connectivity index (χ0) is 13.0. The van der Waals surface area contributed by atoms with E-state index in [1.54, 1.807) is 12.1 Å². The van der Waals surface area contributed by atoms with Gasteiger partial charge in [0.15, 0.2) is 0 Å². The SMILES string of the molecule is Cc1cccc(CNCc2cc(Br)ccc2F)c1. The molecule has 1 N–H and O–H groups in total. The third-order valence-corrected chi connectivity index (χ3v) is 3.23. The Bertz CT molecular complexity index is 540. The van der Waals surface area contributed by atoms with E-state index in [1.807, 2.05) is 6.07 Å². The summed E-state index contributed by atoms with van der Waals surface area (Å²) in [7, 11) is 0. The summed E-state index contributed by atoms with van der Waals surface area (Å²) in [6.07, 6.45) is 0. The number of rotatable bonds is 4. The van der Waals surface area contributed by atoms with Crippen LogP contribution in [-0.2, 0) is 13.1 Å². The van der Waals surface area contributed by atoms with Crippen LogP contribution < -0.4 is 5.32 Å². The molecule has 94 valence electrons. The molecule has 0 aliphatic heterocycles. The first-order chi connectivity index (χ1) is 8.65. The van der Waals surface area contributed by atoms with Gasteiger partial charge in [-0.3, -0.25) is 0 Å². The van der Waals surface area contributed by atoms with Crippen LogP contribution in [0.1, 0.15) is 16.7 Å². The van der Waals surface area contributed by atoms with E-state index in [0.717, 1.165) is 11.0 Å². The molecule has 0 heterocycles. The van der Waals surface area contributed by atoms with Crippen molar-refractivity contribution in [1.82, 2.24) is 5.32 Å². The predicted molar refractivity (Wildman–Crippen MR) is 75.8 cm³/mol. The Kier molecular flexibility index (Phi) is 4.50. The fraction of sp³-hybridized carbons (Fsp3) is 0.200. The summed E-state index contributed by atoms with van der Waals surface area (Å²) in [6.45, 7) is 3.34. The van der Waals surface area contributed by atoms with Crippen molar-refractivity contribution in [2.45, 2.75) is 20.0 Å². The lowest BCUT2D eigenvalue weighted by atomic mass is 10.1. The first kappa shape index (κ1) is 13.2. The third-order valence-electron chi connectivity index (χ3n) is 2.73. The molecular weight excluding hydrogens is 293 g/mol. The number of halogens is 2. The van der Waals surface area contributed by atoms with Crippen LogP contribution in [0.3, 0.4) is 0 Å². The highest BCUT2D eigenvalue weighted by molar-refractivity contribution is 9.10. The van der Waals surface area contributed by atoms with Crippen LogP contribution >= 0.6 is 15.9 Å². The molecule has 3 heteroatoms. The summed E-state index contributed by atoms with van der Waals surface area (Å²) in [5, 5.41) is 3.25. The van der Waals surface area contributed by atoms with Gasteiger partial charge < -0.3 is 5.32 Å². The Morgan fingerprint density at radius 1 is 1.11 bits per heavy atom. The Morgan fingerprint density at radius 3 is 2.72 bits per heavy atom. The van der Waals surface area contributed by atoms with E-state index < -0.39 is 0 Å². The van der Waals surface area contributed by atoms with Gasteiger partial charge in [0, 0.05) is 23.1 Å². The lowest BCUT2D eigenvalue weighted by Crippen LogP contribution is -2.13. The molecule has 2 aromatic rings. The van der Waals surface area contributed by atoms with E-state index in [1.165, 1.54) is 17.2 Å². The van der Waals surface area contributed by atoms with Crippen molar-refractivity contribution < 1.29 is 4.39 Å². The number of hydrogen-bond acceptors (Lipinski definition) is 1. The highest BCUT2D eigenvalue weighted by atomic mass is 79.9. The molecule has 0 aliphatic rings. The first-order valence-electron chi connectivity index (χ1n) is 5.85. The molecule has 0 spiro atoms. The summed E-state index contributed by atoms with van der Waals surface area (Å²) < 4.78 is 14.4. The van der Waals surface area contributed by atoms with Gasteiger partial charge in [0.05, 0.1) is 0 Å². The summed E-state index contributed by atoms with van der Waals surface area (Å²) >= 11 is 3.35. The standard InChI is InChI=1S/C15H15BrFN/c1-11-3-2-4-12(7-11)9-18-10-13-8-14(16)5-6-15(13)17/h2-8,18H,9-10H2,1H3. The van der Waals surface area contributed by atoms with Crippen molar-refractivity contribution in [1.29, 1.82) is 0 Å². The van der Waals surface area contributed by atoms with Crippen LogP contribution in [0.2, 0.25) is 0 Å². The van der Waals surface area contributed by atoms with Crippen LogP contribution in [-0.4, -0.2) is 0 Å². The predicted octanol–water partition coefficient (Wildman–Crippen LogP) is 4.19. The Balaban J connectivity index is 1.94. The molecule has 0 amide bonds. The largest absolute Gasteiger partial charge is 0.309 e. The van der Waals surface area contributed by atoms with Crippen molar-refractivity contribution in [3.63, 3.8) is 0 Å². The topological polar surface area (TPSA) is 12.0 Å². The molecular formula is C15H15BrFN. The second-order valence-corrected chi connectivity index (χ2v) is 5.24. The second-order valence-electron chi connectivity index (χ2n) is 4.33.